The van der Waals surface area contributed by atoms with E-state index in [1.165, 1.54) is 6.07 Å². The van der Waals surface area contributed by atoms with Crippen LogP contribution in [0.15, 0.2) is 24.3 Å². The Labute approximate surface area is 120 Å². The largest absolute Gasteiger partial charge is 0.416 e. The Morgan fingerprint density at radius 1 is 1.33 bits per heavy atom. The molecule has 6 heteroatoms. The average Bonchev–Trinajstić information content (AvgIpc) is 2.83. The van der Waals surface area contributed by atoms with Crippen LogP contribution in [0.2, 0.25) is 0 Å². The van der Waals surface area contributed by atoms with Gasteiger partial charge in [-0.3, -0.25) is 4.79 Å². The van der Waals surface area contributed by atoms with Gasteiger partial charge in [0.05, 0.1) is 11.5 Å². The van der Waals surface area contributed by atoms with Gasteiger partial charge in [-0.25, -0.2) is 0 Å². The molecule has 3 nitrogen and oxygen atoms in total. The summed E-state index contributed by atoms with van der Waals surface area (Å²) in [5.74, 6) is 0.323. The Morgan fingerprint density at radius 3 is 2.57 bits per heavy atom. The number of hydrogen-bond donors (Lipinski definition) is 2. The number of halogens is 3. The van der Waals surface area contributed by atoms with E-state index in [0.717, 1.165) is 25.2 Å². The number of carbonyl (C=O) groups excluding carboxylic acids is 1. The van der Waals surface area contributed by atoms with Gasteiger partial charge in [-0.15, -0.1) is 0 Å². The number of rotatable bonds is 4. The van der Waals surface area contributed by atoms with Gasteiger partial charge in [-0.1, -0.05) is 18.2 Å². The van der Waals surface area contributed by atoms with Crippen molar-refractivity contribution in [3.05, 3.63) is 35.4 Å². The lowest BCUT2D eigenvalue weighted by molar-refractivity contribution is -0.137. The first kappa shape index (κ1) is 14.4. The molecule has 0 spiro atoms. The lowest BCUT2D eigenvalue weighted by atomic mass is 9.90. The van der Waals surface area contributed by atoms with Crippen molar-refractivity contribution >= 4 is 5.91 Å². The molecule has 1 saturated carbocycles. The van der Waals surface area contributed by atoms with Crippen molar-refractivity contribution in [2.24, 2.45) is 23.5 Å². The minimum atomic E-state index is -4.40. The molecule has 114 valence electrons. The fraction of sp³-hybridized carbons (Fsp3) is 0.533. The van der Waals surface area contributed by atoms with Crippen molar-refractivity contribution < 1.29 is 18.0 Å². The lowest BCUT2D eigenvalue weighted by Crippen LogP contribution is -2.24. The molecule has 0 radical (unpaired) electrons. The Bertz CT molecular complexity index is 548. The van der Waals surface area contributed by atoms with Gasteiger partial charge in [0.1, 0.15) is 0 Å². The van der Waals surface area contributed by atoms with Gasteiger partial charge in [0.2, 0.25) is 5.91 Å². The molecule has 1 aliphatic heterocycles. The van der Waals surface area contributed by atoms with Crippen LogP contribution in [0, 0.1) is 17.8 Å². The van der Waals surface area contributed by atoms with Crippen molar-refractivity contribution in [2.45, 2.75) is 18.5 Å². The number of hydrogen-bond acceptors (Lipinski definition) is 2. The molecule has 3 atom stereocenters. The van der Waals surface area contributed by atoms with Crippen LogP contribution in [-0.4, -0.2) is 19.0 Å². The van der Waals surface area contributed by atoms with E-state index in [-0.39, 0.29) is 0 Å². The van der Waals surface area contributed by atoms with Crippen molar-refractivity contribution in [3.8, 4) is 0 Å². The van der Waals surface area contributed by atoms with E-state index in [1.807, 2.05) is 0 Å². The highest BCUT2D eigenvalue weighted by Crippen LogP contribution is 2.53. The highest BCUT2D eigenvalue weighted by molar-refractivity contribution is 5.82. The Balaban J connectivity index is 1.79. The Kier molecular flexibility index (Phi) is 3.43. The van der Waals surface area contributed by atoms with Crippen molar-refractivity contribution in [2.75, 3.05) is 13.1 Å². The Morgan fingerprint density at radius 2 is 2.00 bits per heavy atom. The molecular weight excluding hydrogens is 281 g/mol. The fourth-order valence-electron chi connectivity index (χ4n) is 3.52. The number of alkyl halides is 3. The minimum absolute atomic E-state index is 0.371. The molecule has 1 amide bonds. The summed E-state index contributed by atoms with van der Waals surface area (Å²) in [5.41, 5.74) is 5.06. The van der Waals surface area contributed by atoms with E-state index < -0.39 is 23.6 Å². The smallest absolute Gasteiger partial charge is 0.369 e. The molecule has 2 aliphatic rings. The second kappa shape index (κ2) is 5.02. The number of piperidine rings is 1. The molecule has 3 N–H and O–H groups in total. The molecule has 1 aliphatic carbocycles. The van der Waals surface area contributed by atoms with Crippen LogP contribution in [0.25, 0.3) is 0 Å². The molecule has 3 unspecified atom stereocenters. The second-order valence-electron chi connectivity index (χ2n) is 5.96. The second-order valence-corrected chi connectivity index (χ2v) is 5.96. The highest BCUT2D eigenvalue weighted by Gasteiger charge is 2.53. The molecule has 1 aromatic carbocycles. The normalized spacial score (nSPS) is 29.0. The molecule has 1 heterocycles. The zero-order chi connectivity index (χ0) is 15.2. The van der Waals surface area contributed by atoms with Crippen LogP contribution in [-0.2, 0) is 11.0 Å². The summed E-state index contributed by atoms with van der Waals surface area (Å²) >= 11 is 0. The van der Waals surface area contributed by atoms with Crippen LogP contribution < -0.4 is 11.1 Å². The number of benzene rings is 1. The summed E-state index contributed by atoms with van der Waals surface area (Å²) in [6.07, 6.45) is -3.86. The predicted octanol–water partition coefficient (Wildman–Crippen LogP) is 2.13. The van der Waals surface area contributed by atoms with Crippen molar-refractivity contribution in [1.82, 2.24) is 5.32 Å². The number of nitrogens with two attached hydrogens (primary N) is 1. The quantitative estimate of drug-likeness (QED) is 0.894. The standard InChI is InChI=1S/C15H17F3N2O/c16-15(17,18)9-3-1-2-8(4-9)10(14(19)21)5-11-12-6-20-7-13(11)12/h1-4,10-13,20H,5-7H2,(H2,19,21). The molecule has 3 rings (SSSR count). The summed E-state index contributed by atoms with van der Waals surface area (Å²) in [7, 11) is 0. The third kappa shape index (κ3) is 2.77. The first-order valence-corrected chi connectivity index (χ1v) is 7.05. The van der Waals surface area contributed by atoms with Crippen LogP contribution in [0.5, 0.6) is 0 Å². The first-order valence-electron chi connectivity index (χ1n) is 7.05. The van der Waals surface area contributed by atoms with E-state index in [4.69, 9.17) is 5.73 Å². The molecule has 0 aromatic heterocycles. The van der Waals surface area contributed by atoms with E-state index in [1.54, 1.807) is 6.07 Å². The zero-order valence-corrected chi connectivity index (χ0v) is 11.4. The third-order valence-corrected chi connectivity index (χ3v) is 4.74. The fourth-order valence-corrected chi connectivity index (χ4v) is 3.52. The predicted molar refractivity (Wildman–Crippen MR) is 71.3 cm³/mol. The van der Waals surface area contributed by atoms with Gasteiger partial charge in [-0.05, 0) is 48.9 Å². The number of fused-ring (bicyclic) bond motifs is 1. The van der Waals surface area contributed by atoms with Gasteiger partial charge < -0.3 is 11.1 Å². The SMILES string of the molecule is NC(=O)C(CC1C2CNCC21)c1cccc(C(F)(F)F)c1. The summed E-state index contributed by atoms with van der Waals surface area (Å²) in [5, 5.41) is 3.26. The Hall–Kier alpha value is -1.56. The summed E-state index contributed by atoms with van der Waals surface area (Å²) < 4.78 is 38.3. The number of amides is 1. The van der Waals surface area contributed by atoms with Gasteiger partial charge in [0.25, 0.3) is 0 Å². The van der Waals surface area contributed by atoms with Crippen LogP contribution in [0.4, 0.5) is 13.2 Å². The van der Waals surface area contributed by atoms with Crippen molar-refractivity contribution in [1.29, 1.82) is 0 Å². The van der Waals surface area contributed by atoms with Gasteiger partial charge >= 0.3 is 6.18 Å². The number of nitrogens with one attached hydrogen (secondary N) is 1. The zero-order valence-electron chi connectivity index (χ0n) is 11.4. The van der Waals surface area contributed by atoms with Gasteiger partial charge in [-0.2, -0.15) is 13.2 Å². The maximum absolute atomic E-state index is 12.8. The summed E-state index contributed by atoms with van der Waals surface area (Å²) in [6.45, 7) is 1.87. The monoisotopic (exact) mass is 298 g/mol. The van der Waals surface area contributed by atoms with E-state index in [0.29, 0.717) is 29.7 Å². The molecule has 2 fully saturated rings. The molecule has 0 bridgehead atoms. The third-order valence-electron chi connectivity index (χ3n) is 4.74. The minimum Gasteiger partial charge on any atom is -0.369 e. The van der Waals surface area contributed by atoms with Crippen LogP contribution in [0.1, 0.15) is 23.5 Å². The molecular formula is C15H17F3N2O. The number of primary amides is 1. The maximum atomic E-state index is 12.8. The van der Waals surface area contributed by atoms with E-state index >= 15 is 0 Å². The van der Waals surface area contributed by atoms with E-state index in [2.05, 4.69) is 5.32 Å². The summed E-state index contributed by atoms with van der Waals surface area (Å²) in [6, 6.07) is 4.95. The summed E-state index contributed by atoms with van der Waals surface area (Å²) in [4.78, 5) is 11.7. The highest BCUT2D eigenvalue weighted by atomic mass is 19.4. The molecule has 21 heavy (non-hydrogen) atoms. The maximum Gasteiger partial charge on any atom is 0.416 e. The van der Waals surface area contributed by atoms with Crippen LogP contribution >= 0.6 is 0 Å². The van der Waals surface area contributed by atoms with E-state index in [9.17, 15) is 18.0 Å². The average molecular weight is 298 g/mol. The van der Waals surface area contributed by atoms with Gasteiger partial charge in [0, 0.05) is 0 Å². The first-order chi connectivity index (χ1) is 9.88. The van der Waals surface area contributed by atoms with Crippen LogP contribution in [0.3, 0.4) is 0 Å². The lowest BCUT2D eigenvalue weighted by Gasteiger charge is -2.17. The number of carbonyl (C=O) groups is 1. The van der Waals surface area contributed by atoms with Crippen molar-refractivity contribution in [3.63, 3.8) is 0 Å². The molecule has 1 aromatic rings. The molecule has 1 saturated heterocycles. The topological polar surface area (TPSA) is 55.1 Å². The van der Waals surface area contributed by atoms with Gasteiger partial charge in [0.15, 0.2) is 0 Å².